The van der Waals surface area contributed by atoms with Crippen molar-refractivity contribution in [1.82, 2.24) is 14.5 Å². The van der Waals surface area contributed by atoms with Crippen LogP contribution in [0.3, 0.4) is 0 Å². The van der Waals surface area contributed by atoms with Crippen LogP contribution in [0, 0.1) is 0 Å². The van der Waals surface area contributed by atoms with E-state index in [-0.39, 0.29) is 6.04 Å². The molecule has 0 saturated carbocycles. The van der Waals surface area contributed by atoms with E-state index < -0.39 is 0 Å². The highest BCUT2D eigenvalue weighted by Gasteiger charge is 2.18. The predicted octanol–water partition coefficient (Wildman–Crippen LogP) is 1.74. The predicted molar refractivity (Wildman–Crippen MR) is 69.3 cm³/mol. The van der Waals surface area contributed by atoms with Crippen LogP contribution in [0.4, 0.5) is 0 Å². The van der Waals surface area contributed by atoms with Gasteiger partial charge in [-0.2, -0.15) is 0 Å². The van der Waals surface area contributed by atoms with Crippen molar-refractivity contribution in [3.8, 4) is 5.75 Å². The van der Waals surface area contributed by atoms with Gasteiger partial charge < -0.3 is 15.0 Å². The Morgan fingerprint density at radius 2 is 2.28 bits per heavy atom. The van der Waals surface area contributed by atoms with Crippen LogP contribution in [0.2, 0.25) is 0 Å². The first-order valence-electron chi connectivity index (χ1n) is 6.02. The van der Waals surface area contributed by atoms with Crippen LogP contribution in [0.5, 0.6) is 5.75 Å². The van der Waals surface area contributed by atoms with E-state index in [1.54, 1.807) is 25.7 Å². The molecule has 0 radical (unpaired) electrons. The summed E-state index contributed by atoms with van der Waals surface area (Å²) in [5.74, 6) is 1.54. The second-order valence-electron chi connectivity index (χ2n) is 4.07. The Balaban J connectivity index is 2.35. The molecule has 2 N–H and O–H groups in total. The first kappa shape index (κ1) is 12.6. The van der Waals surface area contributed by atoms with Crippen LogP contribution in [0.25, 0.3) is 0 Å². The topological polar surface area (TPSA) is 66.0 Å². The smallest absolute Gasteiger partial charge is 0.142 e. The number of aromatic nitrogens is 3. The molecule has 0 aromatic carbocycles. The zero-order chi connectivity index (χ0) is 13.0. The third-order valence-corrected chi connectivity index (χ3v) is 2.86. The Morgan fingerprint density at radius 3 is 3.00 bits per heavy atom. The molecule has 0 aliphatic rings. The van der Waals surface area contributed by atoms with Crippen molar-refractivity contribution in [2.45, 2.75) is 25.9 Å². The molecule has 2 heterocycles. The highest BCUT2D eigenvalue weighted by atomic mass is 16.5. The number of aryl methyl sites for hydroxylation is 1. The highest BCUT2D eigenvalue weighted by Crippen LogP contribution is 2.26. The number of rotatable bonds is 5. The van der Waals surface area contributed by atoms with Crippen LogP contribution < -0.4 is 10.5 Å². The molecule has 1 unspecified atom stereocenters. The lowest BCUT2D eigenvalue weighted by molar-refractivity contribution is 0.404. The summed E-state index contributed by atoms with van der Waals surface area (Å²) in [6.07, 6.45) is 8.15. The molecular weight excluding hydrogens is 228 g/mol. The number of ether oxygens (including phenoxy) is 1. The fraction of sp³-hybridized carbons (Fsp3) is 0.385. The van der Waals surface area contributed by atoms with Crippen LogP contribution in [-0.2, 0) is 6.54 Å². The molecule has 0 aliphatic carbocycles. The Labute approximate surface area is 107 Å². The molecule has 18 heavy (non-hydrogen) atoms. The van der Waals surface area contributed by atoms with E-state index in [0.717, 1.165) is 24.4 Å². The highest BCUT2D eigenvalue weighted by molar-refractivity contribution is 5.36. The minimum atomic E-state index is -0.301. The standard InChI is InChI=1S/C13H18N4O/c1-3-7-17-8-6-16-13(17)12(14)10-4-5-15-9-11(10)18-2/h4-6,8-9,12H,3,7,14H2,1-2H3. The van der Waals surface area contributed by atoms with Gasteiger partial charge in [0.1, 0.15) is 11.6 Å². The van der Waals surface area contributed by atoms with Crippen molar-refractivity contribution >= 4 is 0 Å². The molecule has 0 spiro atoms. The summed E-state index contributed by atoms with van der Waals surface area (Å²) < 4.78 is 7.36. The number of pyridine rings is 1. The van der Waals surface area contributed by atoms with Gasteiger partial charge >= 0.3 is 0 Å². The lowest BCUT2D eigenvalue weighted by atomic mass is 10.1. The summed E-state index contributed by atoms with van der Waals surface area (Å²) in [4.78, 5) is 8.38. The van der Waals surface area contributed by atoms with Gasteiger partial charge in [0.15, 0.2) is 0 Å². The van der Waals surface area contributed by atoms with E-state index in [9.17, 15) is 0 Å². The molecule has 96 valence electrons. The maximum atomic E-state index is 6.28. The molecular formula is C13H18N4O. The molecule has 0 saturated heterocycles. The molecule has 5 heteroatoms. The van der Waals surface area contributed by atoms with E-state index in [1.807, 2.05) is 12.3 Å². The maximum absolute atomic E-state index is 6.28. The largest absolute Gasteiger partial charge is 0.495 e. The molecule has 0 bridgehead atoms. The third kappa shape index (κ3) is 2.36. The molecule has 2 aromatic heterocycles. The van der Waals surface area contributed by atoms with Crippen molar-refractivity contribution < 1.29 is 4.74 Å². The van der Waals surface area contributed by atoms with Crippen LogP contribution in [-0.4, -0.2) is 21.6 Å². The second kappa shape index (κ2) is 5.64. The fourth-order valence-corrected chi connectivity index (χ4v) is 1.99. The van der Waals surface area contributed by atoms with Gasteiger partial charge in [-0.25, -0.2) is 4.98 Å². The minimum Gasteiger partial charge on any atom is -0.495 e. The van der Waals surface area contributed by atoms with Gasteiger partial charge in [-0.15, -0.1) is 0 Å². The summed E-state index contributed by atoms with van der Waals surface area (Å²) in [6.45, 7) is 3.04. The maximum Gasteiger partial charge on any atom is 0.142 e. The van der Waals surface area contributed by atoms with Gasteiger partial charge in [0.05, 0.1) is 19.3 Å². The average molecular weight is 246 g/mol. The van der Waals surface area contributed by atoms with Gasteiger partial charge in [-0.3, -0.25) is 4.98 Å². The third-order valence-electron chi connectivity index (χ3n) is 2.86. The summed E-state index contributed by atoms with van der Waals surface area (Å²) >= 11 is 0. The van der Waals surface area contributed by atoms with Crippen molar-refractivity contribution in [3.05, 3.63) is 42.2 Å². The van der Waals surface area contributed by atoms with Crippen molar-refractivity contribution in [2.75, 3.05) is 7.11 Å². The normalized spacial score (nSPS) is 12.4. The van der Waals surface area contributed by atoms with Gasteiger partial charge in [0.25, 0.3) is 0 Å². The minimum absolute atomic E-state index is 0.301. The van der Waals surface area contributed by atoms with Crippen molar-refractivity contribution in [3.63, 3.8) is 0 Å². The number of nitrogens with zero attached hydrogens (tertiary/aromatic N) is 3. The van der Waals surface area contributed by atoms with Gasteiger partial charge in [-0.1, -0.05) is 6.92 Å². The Hall–Kier alpha value is -1.88. The molecule has 1 atom stereocenters. The van der Waals surface area contributed by atoms with Gasteiger partial charge in [-0.05, 0) is 12.5 Å². The molecule has 2 aromatic rings. The molecule has 0 aliphatic heterocycles. The number of hydrogen-bond acceptors (Lipinski definition) is 4. The second-order valence-corrected chi connectivity index (χ2v) is 4.07. The summed E-state index contributed by atoms with van der Waals surface area (Å²) in [6, 6.07) is 1.57. The molecule has 5 nitrogen and oxygen atoms in total. The zero-order valence-electron chi connectivity index (χ0n) is 10.7. The molecule has 2 rings (SSSR count). The summed E-state index contributed by atoms with van der Waals surface area (Å²) in [5.41, 5.74) is 7.18. The van der Waals surface area contributed by atoms with Crippen LogP contribution >= 0.6 is 0 Å². The van der Waals surface area contributed by atoms with E-state index >= 15 is 0 Å². The molecule has 0 amide bonds. The quantitative estimate of drug-likeness (QED) is 0.872. The van der Waals surface area contributed by atoms with Crippen LogP contribution in [0.1, 0.15) is 30.8 Å². The first-order chi connectivity index (χ1) is 8.77. The van der Waals surface area contributed by atoms with E-state index in [4.69, 9.17) is 10.5 Å². The van der Waals surface area contributed by atoms with Crippen molar-refractivity contribution in [1.29, 1.82) is 0 Å². The Bertz CT molecular complexity index is 509. The lowest BCUT2D eigenvalue weighted by Gasteiger charge is -2.16. The Morgan fingerprint density at radius 1 is 1.44 bits per heavy atom. The van der Waals surface area contributed by atoms with E-state index in [1.165, 1.54) is 0 Å². The van der Waals surface area contributed by atoms with E-state index in [2.05, 4.69) is 21.5 Å². The Kier molecular flexibility index (Phi) is 3.94. The summed E-state index contributed by atoms with van der Waals surface area (Å²) in [7, 11) is 1.62. The number of nitrogens with two attached hydrogens (primary N) is 1. The monoisotopic (exact) mass is 246 g/mol. The van der Waals surface area contributed by atoms with E-state index in [0.29, 0.717) is 5.75 Å². The van der Waals surface area contributed by atoms with Gasteiger partial charge in [0, 0.05) is 30.7 Å². The van der Waals surface area contributed by atoms with Gasteiger partial charge in [0.2, 0.25) is 0 Å². The summed E-state index contributed by atoms with van der Waals surface area (Å²) in [5, 5.41) is 0. The number of methoxy groups -OCH3 is 1. The SMILES string of the molecule is CCCn1ccnc1C(N)c1ccncc1OC. The number of hydrogen-bond donors (Lipinski definition) is 1. The lowest BCUT2D eigenvalue weighted by Crippen LogP contribution is -2.18. The number of imidazole rings is 1. The molecule has 0 fully saturated rings. The average Bonchev–Trinajstić information content (AvgIpc) is 2.86. The zero-order valence-corrected chi connectivity index (χ0v) is 10.7. The van der Waals surface area contributed by atoms with Crippen LogP contribution in [0.15, 0.2) is 30.9 Å². The first-order valence-corrected chi connectivity index (χ1v) is 6.02. The van der Waals surface area contributed by atoms with Crippen molar-refractivity contribution in [2.24, 2.45) is 5.73 Å². The fourth-order valence-electron chi connectivity index (χ4n) is 1.99.